The zero-order valence-electron chi connectivity index (χ0n) is 15.2. The van der Waals surface area contributed by atoms with Crippen LogP contribution in [0.5, 0.6) is 5.75 Å². The zero-order valence-corrected chi connectivity index (χ0v) is 16.8. The molecule has 30 heavy (non-hydrogen) atoms. The molecule has 0 saturated heterocycles. The average Bonchev–Trinajstić information content (AvgIpc) is 3.20. The van der Waals surface area contributed by atoms with Crippen LogP contribution in [0.15, 0.2) is 67.3 Å². The minimum absolute atomic E-state index is 0. The third-order valence-corrected chi connectivity index (χ3v) is 3.92. The fourth-order valence-electron chi connectivity index (χ4n) is 2.73. The van der Waals surface area contributed by atoms with Crippen LogP contribution in [0, 0.1) is 0 Å². The summed E-state index contributed by atoms with van der Waals surface area (Å²) in [4.78, 5) is 13.0. The Labute approximate surface area is 182 Å². The van der Waals surface area contributed by atoms with Crippen LogP contribution in [-0.4, -0.2) is 25.9 Å². The highest BCUT2D eigenvalue weighted by Gasteiger charge is 2.31. The van der Waals surface area contributed by atoms with Crippen molar-refractivity contribution in [1.29, 1.82) is 0 Å². The van der Waals surface area contributed by atoms with E-state index in [0.717, 1.165) is 10.9 Å². The summed E-state index contributed by atoms with van der Waals surface area (Å²) in [5, 5.41) is 3.97. The Kier molecular flexibility index (Phi) is 7.47. The van der Waals surface area contributed by atoms with E-state index in [2.05, 4.69) is 25.0 Å². The number of nitrogens with zero attached hydrogens (tertiary/aromatic N) is 4. The molecule has 1 N–H and O–H groups in total. The molecule has 158 valence electrons. The lowest BCUT2D eigenvalue weighted by atomic mass is 10.2. The highest BCUT2D eigenvalue weighted by molar-refractivity contribution is 5.89. The quantitative estimate of drug-likeness (QED) is 0.447. The van der Waals surface area contributed by atoms with Gasteiger partial charge < -0.3 is 10.1 Å². The number of alkyl halides is 3. The molecule has 0 aliphatic heterocycles. The summed E-state index contributed by atoms with van der Waals surface area (Å²) < 4.78 is 42.9. The second-order valence-electron chi connectivity index (χ2n) is 5.91. The molecule has 0 fully saturated rings. The molecule has 2 heterocycles. The van der Waals surface area contributed by atoms with Crippen molar-refractivity contribution in [3.63, 3.8) is 0 Å². The summed E-state index contributed by atoms with van der Waals surface area (Å²) in [6.07, 6.45) is 0.212. The van der Waals surface area contributed by atoms with E-state index in [1.807, 2.05) is 24.3 Å². The molecule has 2 aromatic heterocycles. The first-order chi connectivity index (χ1) is 13.5. The van der Waals surface area contributed by atoms with Crippen molar-refractivity contribution in [3.8, 4) is 11.7 Å². The molecule has 0 amide bonds. The maximum Gasteiger partial charge on any atom is 0.573 e. The molecule has 0 aliphatic rings. The van der Waals surface area contributed by atoms with E-state index in [-0.39, 0.29) is 37.1 Å². The van der Waals surface area contributed by atoms with Gasteiger partial charge >= 0.3 is 6.36 Å². The Bertz CT molecular complexity index is 1110. The van der Waals surface area contributed by atoms with Crippen LogP contribution >= 0.6 is 24.8 Å². The summed E-state index contributed by atoms with van der Waals surface area (Å²) in [5.74, 6) is 0.739. The lowest BCUT2D eigenvalue weighted by Gasteiger charge is -2.12. The number of anilines is 1. The van der Waals surface area contributed by atoms with Crippen molar-refractivity contribution >= 4 is 41.5 Å². The maximum absolute atomic E-state index is 12.4. The first-order valence-electron chi connectivity index (χ1n) is 8.32. The predicted molar refractivity (Wildman–Crippen MR) is 112 cm³/mol. The molecule has 0 atom stereocenters. The number of para-hydroxylation sites is 1. The highest BCUT2D eigenvalue weighted by Crippen LogP contribution is 2.25. The van der Waals surface area contributed by atoms with Crippen molar-refractivity contribution in [1.82, 2.24) is 19.5 Å². The molecule has 0 unspecified atom stereocenters. The Balaban J connectivity index is 0.00000160. The Morgan fingerprint density at radius 1 is 1.00 bits per heavy atom. The number of nitrogens with one attached hydrogen (secondary N) is 1. The van der Waals surface area contributed by atoms with E-state index in [1.54, 1.807) is 29.4 Å². The Morgan fingerprint density at radius 2 is 1.80 bits per heavy atom. The van der Waals surface area contributed by atoms with Gasteiger partial charge in [-0.15, -0.1) is 38.0 Å². The van der Waals surface area contributed by atoms with Gasteiger partial charge in [-0.3, -0.25) is 4.57 Å². The molecule has 4 aromatic rings. The van der Waals surface area contributed by atoms with Crippen LogP contribution in [0.2, 0.25) is 0 Å². The van der Waals surface area contributed by atoms with Gasteiger partial charge in [0.05, 0.1) is 5.52 Å². The SMILES string of the molecule is Cl.Cl.FC(F)(F)Oc1cccc(CNc2nc(-n3ccnc3)nc3ccccc23)c1. The Hall–Kier alpha value is -3.04. The van der Waals surface area contributed by atoms with Crippen molar-refractivity contribution in [3.05, 3.63) is 72.8 Å². The maximum atomic E-state index is 12.4. The number of hydrogen-bond acceptors (Lipinski definition) is 5. The second-order valence-corrected chi connectivity index (χ2v) is 5.91. The second kappa shape index (κ2) is 9.64. The molecule has 0 radical (unpaired) electrons. The monoisotopic (exact) mass is 457 g/mol. The van der Waals surface area contributed by atoms with E-state index in [9.17, 15) is 13.2 Å². The summed E-state index contributed by atoms with van der Waals surface area (Å²) >= 11 is 0. The summed E-state index contributed by atoms with van der Waals surface area (Å²) in [6.45, 7) is 0.263. The van der Waals surface area contributed by atoms with E-state index >= 15 is 0 Å². The fourth-order valence-corrected chi connectivity index (χ4v) is 2.73. The molecule has 0 spiro atoms. The lowest BCUT2D eigenvalue weighted by molar-refractivity contribution is -0.274. The minimum Gasteiger partial charge on any atom is -0.406 e. The molecule has 11 heteroatoms. The van der Waals surface area contributed by atoms with Gasteiger partial charge in [-0.1, -0.05) is 24.3 Å². The summed E-state index contributed by atoms with van der Waals surface area (Å²) in [7, 11) is 0. The molecular formula is C19H16Cl2F3N5O. The largest absolute Gasteiger partial charge is 0.573 e. The number of benzene rings is 2. The first kappa shape index (κ1) is 23.2. The molecule has 6 nitrogen and oxygen atoms in total. The zero-order chi connectivity index (χ0) is 19.6. The van der Waals surface area contributed by atoms with Crippen LogP contribution < -0.4 is 10.1 Å². The van der Waals surface area contributed by atoms with E-state index in [4.69, 9.17) is 0 Å². The number of aromatic nitrogens is 4. The smallest absolute Gasteiger partial charge is 0.406 e. The first-order valence-corrected chi connectivity index (χ1v) is 8.32. The van der Waals surface area contributed by atoms with Gasteiger partial charge in [0.1, 0.15) is 17.9 Å². The number of halogens is 5. The van der Waals surface area contributed by atoms with Gasteiger partial charge in [0, 0.05) is 24.3 Å². The van der Waals surface area contributed by atoms with Crippen LogP contribution in [0.4, 0.5) is 19.0 Å². The van der Waals surface area contributed by atoms with E-state index in [0.29, 0.717) is 17.3 Å². The van der Waals surface area contributed by atoms with Crippen molar-refractivity contribution in [2.24, 2.45) is 0 Å². The predicted octanol–water partition coefficient (Wildman–Crippen LogP) is 5.17. The molecule has 4 rings (SSSR count). The highest BCUT2D eigenvalue weighted by atomic mass is 35.5. The van der Waals surface area contributed by atoms with E-state index < -0.39 is 6.36 Å². The average molecular weight is 458 g/mol. The van der Waals surface area contributed by atoms with Crippen LogP contribution in [0.3, 0.4) is 0 Å². The Morgan fingerprint density at radius 3 is 2.53 bits per heavy atom. The van der Waals surface area contributed by atoms with Crippen molar-refractivity contribution in [2.75, 3.05) is 5.32 Å². The van der Waals surface area contributed by atoms with Gasteiger partial charge in [-0.25, -0.2) is 9.97 Å². The number of imidazole rings is 1. The van der Waals surface area contributed by atoms with Gasteiger partial charge in [-0.2, -0.15) is 4.98 Å². The third kappa shape index (κ3) is 5.52. The molecule has 2 aromatic carbocycles. The molecular weight excluding hydrogens is 442 g/mol. The minimum atomic E-state index is -4.73. The van der Waals surface area contributed by atoms with E-state index in [1.165, 1.54) is 18.2 Å². The lowest BCUT2D eigenvalue weighted by Crippen LogP contribution is -2.17. The van der Waals surface area contributed by atoms with Crippen molar-refractivity contribution < 1.29 is 17.9 Å². The number of fused-ring (bicyclic) bond motifs is 1. The number of hydrogen-bond donors (Lipinski definition) is 1. The van der Waals surface area contributed by atoms with Crippen LogP contribution in [-0.2, 0) is 6.54 Å². The topological polar surface area (TPSA) is 64.9 Å². The third-order valence-electron chi connectivity index (χ3n) is 3.92. The fraction of sp³-hybridized carbons (Fsp3) is 0.105. The standard InChI is InChI=1S/C19H14F3N5O.2ClH/c20-19(21,22)28-14-5-3-4-13(10-14)11-24-17-15-6-1-2-7-16(15)25-18(26-17)27-9-8-23-12-27;;/h1-10,12H,11H2,(H,24,25,26);2*1H. The number of rotatable bonds is 5. The van der Waals surface area contributed by atoms with Gasteiger partial charge in [0.2, 0.25) is 5.95 Å². The molecule has 0 bridgehead atoms. The van der Waals surface area contributed by atoms with Gasteiger partial charge in [0.25, 0.3) is 0 Å². The molecule has 0 aliphatic carbocycles. The van der Waals surface area contributed by atoms with Crippen LogP contribution in [0.1, 0.15) is 5.56 Å². The number of ether oxygens (including phenoxy) is 1. The normalized spacial score (nSPS) is 10.8. The van der Waals surface area contributed by atoms with Gasteiger partial charge in [-0.05, 0) is 29.8 Å². The summed E-state index contributed by atoms with van der Waals surface area (Å²) in [5.41, 5.74) is 1.35. The summed E-state index contributed by atoms with van der Waals surface area (Å²) in [6, 6.07) is 13.3. The van der Waals surface area contributed by atoms with Crippen molar-refractivity contribution in [2.45, 2.75) is 12.9 Å². The van der Waals surface area contributed by atoms with Gasteiger partial charge in [0.15, 0.2) is 0 Å². The van der Waals surface area contributed by atoms with Crippen LogP contribution in [0.25, 0.3) is 16.9 Å². The molecule has 0 saturated carbocycles.